The Morgan fingerprint density at radius 2 is 0.833 bits per heavy atom. The van der Waals surface area contributed by atoms with Gasteiger partial charge < -0.3 is 0 Å². The standard InChI is InChI=1S/C16H28.C2H6/c1-9-13(15(3,4)5)11-12-14(10-2)16(6,7)8;1-2/h9-12H,1-8H3;1-2H3/b12-11-,13-9+,14-10+;. The van der Waals surface area contributed by atoms with Gasteiger partial charge in [0, 0.05) is 0 Å². The third-order valence-electron chi connectivity index (χ3n) is 2.80. The third-order valence-corrected chi connectivity index (χ3v) is 2.80. The maximum absolute atomic E-state index is 2.25. The lowest BCUT2D eigenvalue weighted by Gasteiger charge is -2.23. The molecule has 0 N–H and O–H groups in total. The largest absolute Gasteiger partial charge is 0.0839 e. The lowest BCUT2D eigenvalue weighted by atomic mass is 9.82. The Morgan fingerprint density at radius 3 is 0.944 bits per heavy atom. The molecule has 0 aromatic heterocycles. The predicted octanol–water partition coefficient (Wildman–Crippen LogP) is 6.55. The molecule has 0 amide bonds. The number of hydrogen-bond donors (Lipinski definition) is 0. The molecule has 0 bridgehead atoms. The molecule has 0 saturated heterocycles. The van der Waals surface area contributed by atoms with Crippen molar-refractivity contribution in [1.82, 2.24) is 0 Å². The summed E-state index contributed by atoms with van der Waals surface area (Å²) >= 11 is 0. The second-order valence-corrected chi connectivity index (χ2v) is 6.32. The quantitative estimate of drug-likeness (QED) is 0.487. The van der Waals surface area contributed by atoms with E-state index in [9.17, 15) is 0 Å². The van der Waals surface area contributed by atoms with Crippen LogP contribution in [0.2, 0.25) is 0 Å². The van der Waals surface area contributed by atoms with Crippen LogP contribution in [-0.2, 0) is 0 Å². The molecule has 0 atom stereocenters. The lowest BCUT2D eigenvalue weighted by molar-refractivity contribution is 0.509. The second kappa shape index (κ2) is 8.34. The zero-order valence-electron chi connectivity index (χ0n) is 14.3. The Bertz CT molecular complexity index is 266. The van der Waals surface area contributed by atoms with Crippen LogP contribution in [-0.4, -0.2) is 0 Å². The van der Waals surface area contributed by atoms with Gasteiger partial charge in [-0.25, -0.2) is 0 Å². The molecule has 0 heteroatoms. The van der Waals surface area contributed by atoms with Gasteiger partial charge in [-0.2, -0.15) is 0 Å². The van der Waals surface area contributed by atoms with E-state index in [1.54, 1.807) is 0 Å². The van der Waals surface area contributed by atoms with E-state index >= 15 is 0 Å². The van der Waals surface area contributed by atoms with Crippen LogP contribution in [0.25, 0.3) is 0 Å². The minimum atomic E-state index is 0.224. The molecule has 0 aromatic carbocycles. The smallest absolute Gasteiger partial charge is 0.0135 e. The van der Waals surface area contributed by atoms with Crippen molar-refractivity contribution in [2.75, 3.05) is 0 Å². The zero-order chi connectivity index (χ0) is 15.0. The summed E-state index contributed by atoms with van der Waals surface area (Å²) in [4.78, 5) is 0. The van der Waals surface area contributed by atoms with Crippen molar-refractivity contribution in [3.05, 3.63) is 35.5 Å². The van der Waals surface area contributed by atoms with Crippen LogP contribution in [0.15, 0.2) is 35.5 Å². The Kier molecular flexibility index (Phi) is 9.07. The summed E-state index contributed by atoms with van der Waals surface area (Å²) in [6.45, 7) is 21.7. The summed E-state index contributed by atoms with van der Waals surface area (Å²) in [6, 6.07) is 0. The molecular weight excluding hydrogens is 216 g/mol. The van der Waals surface area contributed by atoms with Crippen LogP contribution < -0.4 is 0 Å². The molecule has 0 aliphatic heterocycles. The monoisotopic (exact) mass is 250 g/mol. The summed E-state index contributed by atoms with van der Waals surface area (Å²) in [5.74, 6) is 0. The van der Waals surface area contributed by atoms with E-state index in [2.05, 4.69) is 79.7 Å². The number of allylic oxidation sites excluding steroid dienone is 6. The van der Waals surface area contributed by atoms with Crippen LogP contribution in [0.1, 0.15) is 69.2 Å². The fraction of sp³-hybridized carbons (Fsp3) is 0.667. The van der Waals surface area contributed by atoms with E-state index in [4.69, 9.17) is 0 Å². The molecule has 0 unspecified atom stereocenters. The molecule has 0 spiro atoms. The maximum atomic E-state index is 2.25. The van der Waals surface area contributed by atoms with E-state index in [1.165, 1.54) is 11.1 Å². The molecule has 0 radical (unpaired) electrons. The zero-order valence-corrected chi connectivity index (χ0v) is 14.3. The van der Waals surface area contributed by atoms with Crippen LogP contribution >= 0.6 is 0 Å². The third kappa shape index (κ3) is 7.53. The van der Waals surface area contributed by atoms with Gasteiger partial charge >= 0.3 is 0 Å². The lowest BCUT2D eigenvalue weighted by Crippen LogP contribution is -2.09. The van der Waals surface area contributed by atoms with Crippen molar-refractivity contribution in [2.24, 2.45) is 10.8 Å². The first kappa shape index (κ1) is 19.6. The number of rotatable bonds is 2. The molecule has 0 heterocycles. The first-order chi connectivity index (χ1) is 8.12. The van der Waals surface area contributed by atoms with E-state index in [-0.39, 0.29) is 10.8 Å². The summed E-state index contributed by atoms with van der Waals surface area (Å²) in [7, 11) is 0. The summed E-state index contributed by atoms with van der Waals surface area (Å²) in [5, 5.41) is 0. The van der Waals surface area contributed by atoms with Gasteiger partial charge in [0.15, 0.2) is 0 Å². The number of hydrogen-bond acceptors (Lipinski definition) is 0. The van der Waals surface area contributed by atoms with Crippen LogP contribution in [0.3, 0.4) is 0 Å². The molecule has 0 saturated carbocycles. The van der Waals surface area contributed by atoms with E-state index in [0.717, 1.165) is 0 Å². The van der Waals surface area contributed by atoms with Gasteiger partial charge in [-0.3, -0.25) is 0 Å². The molecule has 0 aliphatic carbocycles. The van der Waals surface area contributed by atoms with Crippen molar-refractivity contribution < 1.29 is 0 Å². The highest BCUT2D eigenvalue weighted by atomic mass is 14.2. The Labute approximate surface area is 116 Å². The first-order valence-corrected chi connectivity index (χ1v) is 7.14. The molecular formula is C18H34. The van der Waals surface area contributed by atoms with Gasteiger partial charge in [0.2, 0.25) is 0 Å². The Balaban J connectivity index is 0. The molecule has 106 valence electrons. The van der Waals surface area contributed by atoms with E-state index in [0.29, 0.717) is 0 Å². The molecule has 18 heavy (non-hydrogen) atoms. The van der Waals surface area contributed by atoms with Gasteiger partial charge in [-0.15, -0.1) is 0 Å². The molecule has 0 rings (SSSR count). The van der Waals surface area contributed by atoms with Gasteiger partial charge in [0.25, 0.3) is 0 Å². The normalized spacial score (nSPS) is 14.6. The highest BCUT2D eigenvalue weighted by molar-refractivity contribution is 5.33. The van der Waals surface area contributed by atoms with Crippen LogP contribution in [0.4, 0.5) is 0 Å². The second-order valence-electron chi connectivity index (χ2n) is 6.32. The fourth-order valence-corrected chi connectivity index (χ4v) is 1.74. The molecule has 0 fully saturated rings. The summed E-state index contributed by atoms with van der Waals surface area (Å²) in [6.07, 6.45) is 8.90. The molecule has 0 aliphatic rings. The van der Waals surface area contributed by atoms with Gasteiger partial charge in [0.1, 0.15) is 0 Å². The van der Waals surface area contributed by atoms with E-state index < -0.39 is 0 Å². The summed E-state index contributed by atoms with van der Waals surface area (Å²) < 4.78 is 0. The van der Waals surface area contributed by atoms with E-state index in [1.807, 2.05) is 13.8 Å². The maximum Gasteiger partial charge on any atom is -0.0135 e. The molecule has 0 nitrogen and oxygen atoms in total. The van der Waals surface area contributed by atoms with Crippen molar-refractivity contribution in [2.45, 2.75) is 69.2 Å². The van der Waals surface area contributed by atoms with Crippen molar-refractivity contribution in [3.63, 3.8) is 0 Å². The van der Waals surface area contributed by atoms with Gasteiger partial charge in [0.05, 0.1) is 0 Å². The Morgan fingerprint density at radius 1 is 0.611 bits per heavy atom. The van der Waals surface area contributed by atoms with Gasteiger partial charge in [-0.05, 0) is 35.8 Å². The Hall–Kier alpha value is -0.780. The van der Waals surface area contributed by atoms with Crippen molar-refractivity contribution in [3.8, 4) is 0 Å². The topological polar surface area (TPSA) is 0 Å². The highest BCUT2D eigenvalue weighted by Gasteiger charge is 2.16. The van der Waals surface area contributed by atoms with Crippen molar-refractivity contribution >= 4 is 0 Å². The van der Waals surface area contributed by atoms with Crippen LogP contribution in [0.5, 0.6) is 0 Å². The minimum Gasteiger partial charge on any atom is -0.0839 e. The van der Waals surface area contributed by atoms with Crippen molar-refractivity contribution in [1.29, 1.82) is 0 Å². The average Bonchev–Trinajstić information content (AvgIpc) is 2.23. The van der Waals surface area contributed by atoms with Gasteiger partial charge in [-0.1, -0.05) is 79.7 Å². The SMILES string of the molecule is CC.C\C=C(/C=C\C(=C/C)C(C)(C)C)C(C)(C)C. The first-order valence-electron chi connectivity index (χ1n) is 7.14. The average molecular weight is 250 g/mol. The van der Waals surface area contributed by atoms with Crippen LogP contribution in [0, 0.1) is 10.8 Å². The molecule has 0 aromatic rings. The highest BCUT2D eigenvalue weighted by Crippen LogP contribution is 2.30. The predicted molar refractivity (Wildman–Crippen MR) is 86.9 cm³/mol. The minimum absolute atomic E-state index is 0.224. The fourth-order valence-electron chi connectivity index (χ4n) is 1.74. The summed E-state index contributed by atoms with van der Waals surface area (Å²) in [5.41, 5.74) is 3.22.